The number of hydrogen-bond acceptors (Lipinski definition) is 6. The molecule has 0 aromatic rings. The smallest absolute Gasteiger partial charge is 0.314 e. The average molecular weight is 589 g/mol. The van der Waals surface area contributed by atoms with Gasteiger partial charge in [-0.25, -0.2) is 0 Å². The van der Waals surface area contributed by atoms with Crippen molar-refractivity contribution in [2.75, 3.05) is 6.61 Å². The van der Waals surface area contributed by atoms with Crippen LogP contribution in [0.3, 0.4) is 0 Å². The molecule has 2 fully saturated rings. The molecule has 0 N–H and O–H groups in total. The van der Waals surface area contributed by atoms with E-state index in [9.17, 15) is 14.4 Å². The van der Waals surface area contributed by atoms with Crippen molar-refractivity contribution in [3.63, 3.8) is 0 Å². The molecule has 2 aliphatic carbocycles. The molecule has 33 heavy (non-hydrogen) atoms. The highest BCUT2D eigenvalue weighted by Crippen LogP contribution is 2.67. The van der Waals surface area contributed by atoms with Crippen LogP contribution in [0.1, 0.15) is 54.4 Å². The normalized spacial score (nSPS) is 38.0. The largest absolute Gasteiger partial charge is 0.519 e. The van der Waals surface area contributed by atoms with Crippen LogP contribution in [0.2, 0.25) is 18.1 Å². The predicted molar refractivity (Wildman–Crippen MR) is 137 cm³/mol. The third-order valence-electron chi connectivity index (χ3n) is 8.74. The van der Waals surface area contributed by atoms with Crippen molar-refractivity contribution in [1.82, 2.24) is 0 Å². The molecule has 0 aromatic heterocycles. The lowest BCUT2D eigenvalue weighted by atomic mass is 9.46. The minimum Gasteiger partial charge on any atom is -0.519 e. The van der Waals surface area contributed by atoms with Crippen molar-refractivity contribution in [1.29, 1.82) is 0 Å². The van der Waals surface area contributed by atoms with E-state index < -0.39 is 36.6 Å². The Morgan fingerprint density at radius 1 is 1.33 bits per heavy atom. The lowest BCUT2D eigenvalue weighted by Gasteiger charge is -2.64. The van der Waals surface area contributed by atoms with Crippen LogP contribution in [0, 0.1) is 28.6 Å². The number of fused-ring (bicyclic) bond motifs is 1. The summed E-state index contributed by atoms with van der Waals surface area (Å²) in [5.74, 6) is -2.55. The van der Waals surface area contributed by atoms with Gasteiger partial charge < -0.3 is 13.9 Å². The van der Waals surface area contributed by atoms with Gasteiger partial charge in [0.05, 0.1) is 12.5 Å². The van der Waals surface area contributed by atoms with Gasteiger partial charge in [0.2, 0.25) is 0 Å². The summed E-state index contributed by atoms with van der Waals surface area (Å²) in [7, 11) is -2.44. The highest BCUT2D eigenvalue weighted by atomic mass is 127. The summed E-state index contributed by atoms with van der Waals surface area (Å²) >= 11 is 2.22. The van der Waals surface area contributed by atoms with Crippen molar-refractivity contribution in [2.45, 2.75) is 78.1 Å². The number of hydrogen-bond donors (Lipinski definition) is 0. The molecule has 2 bridgehead atoms. The number of ether oxygens (including phenoxy) is 2. The number of halogens is 1. The Kier molecular flexibility index (Phi) is 6.58. The fourth-order valence-electron chi connectivity index (χ4n) is 5.63. The summed E-state index contributed by atoms with van der Waals surface area (Å²) in [4.78, 5) is 39.0. The second kappa shape index (κ2) is 8.21. The number of rotatable bonds is 5. The maximum atomic E-state index is 14.1. The highest BCUT2D eigenvalue weighted by molar-refractivity contribution is 14.1. The van der Waals surface area contributed by atoms with E-state index in [1.807, 2.05) is 39.1 Å². The van der Waals surface area contributed by atoms with Crippen LogP contribution in [0.5, 0.6) is 0 Å². The van der Waals surface area contributed by atoms with Crippen molar-refractivity contribution in [2.24, 2.45) is 28.6 Å². The van der Waals surface area contributed by atoms with E-state index in [1.54, 1.807) is 0 Å². The first-order valence-corrected chi connectivity index (χ1v) is 15.6. The molecule has 0 aromatic carbocycles. The highest BCUT2D eigenvalue weighted by Gasteiger charge is 2.73. The van der Waals surface area contributed by atoms with E-state index in [0.29, 0.717) is 12.8 Å². The number of carbonyl (C=O) groups excluding carboxylic acids is 3. The molecule has 1 saturated carbocycles. The molecule has 1 spiro atoms. The van der Waals surface area contributed by atoms with Crippen molar-refractivity contribution in [3.05, 3.63) is 22.3 Å². The third-order valence-corrected chi connectivity index (χ3v) is 14.3. The Morgan fingerprint density at radius 2 is 1.94 bits per heavy atom. The summed E-state index contributed by atoms with van der Waals surface area (Å²) < 4.78 is 18.9. The van der Waals surface area contributed by atoms with Gasteiger partial charge in [-0.1, -0.05) is 46.8 Å². The minimum absolute atomic E-state index is 0.101. The Bertz CT molecular complexity index is 920. The van der Waals surface area contributed by atoms with Crippen LogP contribution in [0.15, 0.2) is 22.3 Å². The molecule has 1 saturated heterocycles. The SMILES string of the molecule is C=C[C@]1(C)CC[C@H]2[C@](C)(COC(C)=O)[C@@H]3C=C(I)[C@]2(OC3=O)[C@H]1C(=O)O[Si](C)(C)C(C)(C)C. The Labute approximate surface area is 212 Å². The fourth-order valence-corrected chi connectivity index (χ4v) is 7.72. The van der Waals surface area contributed by atoms with E-state index in [2.05, 4.69) is 49.9 Å². The number of esters is 2. The zero-order chi connectivity index (χ0) is 25.2. The van der Waals surface area contributed by atoms with Gasteiger partial charge in [0.1, 0.15) is 5.92 Å². The molecule has 184 valence electrons. The van der Waals surface area contributed by atoms with Gasteiger partial charge in [0, 0.05) is 27.3 Å². The van der Waals surface area contributed by atoms with E-state index in [-0.39, 0.29) is 35.5 Å². The van der Waals surface area contributed by atoms with Crippen LogP contribution < -0.4 is 0 Å². The minimum atomic E-state index is -2.44. The molecule has 6 atom stereocenters. The van der Waals surface area contributed by atoms with Crippen molar-refractivity contribution in [3.8, 4) is 0 Å². The van der Waals surface area contributed by atoms with Gasteiger partial charge in [-0.15, -0.1) is 6.58 Å². The second-order valence-electron chi connectivity index (χ2n) is 11.9. The monoisotopic (exact) mass is 588 g/mol. The first kappa shape index (κ1) is 26.4. The summed E-state index contributed by atoms with van der Waals surface area (Å²) in [5, 5.41) is -0.160. The zero-order valence-corrected chi connectivity index (χ0v) is 24.2. The Balaban J connectivity index is 2.17. The molecule has 0 radical (unpaired) electrons. The quantitative estimate of drug-likeness (QED) is 0.181. The van der Waals surface area contributed by atoms with Gasteiger partial charge >= 0.3 is 17.9 Å². The first-order valence-electron chi connectivity index (χ1n) is 11.6. The van der Waals surface area contributed by atoms with Crippen LogP contribution in [0.4, 0.5) is 0 Å². The molecule has 2 heterocycles. The average Bonchev–Trinajstić information content (AvgIpc) is 2.67. The van der Waals surface area contributed by atoms with Crippen molar-refractivity contribution < 1.29 is 28.3 Å². The summed E-state index contributed by atoms with van der Waals surface area (Å²) in [5.41, 5.74) is -2.46. The number of allylic oxidation sites excluding steroid dienone is 1. The summed E-state index contributed by atoms with van der Waals surface area (Å²) in [6.45, 7) is 19.9. The second-order valence-corrected chi connectivity index (χ2v) is 17.8. The van der Waals surface area contributed by atoms with Gasteiger partial charge in [0.25, 0.3) is 8.32 Å². The molecule has 8 heteroatoms. The van der Waals surface area contributed by atoms with E-state index in [0.717, 1.165) is 3.58 Å². The molecule has 0 amide bonds. The molecule has 6 nitrogen and oxygen atoms in total. The van der Waals surface area contributed by atoms with Gasteiger partial charge in [0.15, 0.2) is 5.60 Å². The van der Waals surface area contributed by atoms with Crippen LogP contribution in [0.25, 0.3) is 0 Å². The lowest BCUT2D eigenvalue weighted by Crippen LogP contribution is -2.72. The topological polar surface area (TPSA) is 78.9 Å². The van der Waals surface area contributed by atoms with E-state index >= 15 is 0 Å². The van der Waals surface area contributed by atoms with Gasteiger partial charge in [-0.05, 0) is 53.6 Å². The fraction of sp³-hybridized carbons (Fsp3) is 0.720. The molecular weight excluding hydrogens is 551 g/mol. The molecule has 0 unspecified atom stereocenters. The van der Waals surface area contributed by atoms with Crippen molar-refractivity contribution >= 4 is 48.8 Å². The maximum absolute atomic E-state index is 14.1. The van der Waals surface area contributed by atoms with E-state index in [1.165, 1.54) is 6.92 Å². The molecule has 4 aliphatic rings. The van der Waals surface area contributed by atoms with Gasteiger partial charge in [-0.2, -0.15) is 0 Å². The predicted octanol–water partition coefficient (Wildman–Crippen LogP) is 5.57. The lowest BCUT2D eigenvalue weighted by molar-refractivity contribution is -0.239. The third kappa shape index (κ3) is 3.92. The Hall–Kier alpha value is -1.16. The summed E-state index contributed by atoms with van der Waals surface area (Å²) in [6, 6.07) is 0. The summed E-state index contributed by atoms with van der Waals surface area (Å²) in [6.07, 6.45) is 5.14. The molecule has 4 rings (SSSR count). The van der Waals surface area contributed by atoms with E-state index in [4.69, 9.17) is 13.9 Å². The maximum Gasteiger partial charge on any atom is 0.314 e. The van der Waals surface area contributed by atoms with Crippen LogP contribution in [-0.4, -0.2) is 38.4 Å². The Morgan fingerprint density at radius 3 is 2.45 bits per heavy atom. The standard InChI is InChI=1S/C25H37IO6Si/c1-10-23(6)12-11-17-24(7,14-30-15(2)27)16-13-18(26)25(17,31-20(16)28)19(23)21(29)32-33(8,9)22(3,4)5/h10,13,16-17,19H,1,11-12,14H2,2-9H3/t16-,17+,19+,23-,24-,25+/m1/s1. The molecular formula is C25H37IO6Si. The van der Waals surface area contributed by atoms with Gasteiger partial charge in [-0.3, -0.25) is 14.4 Å². The molecule has 2 aliphatic heterocycles. The first-order chi connectivity index (χ1) is 15.0. The van der Waals surface area contributed by atoms with Crippen LogP contribution >= 0.6 is 22.6 Å². The van der Waals surface area contributed by atoms with Crippen LogP contribution in [-0.2, 0) is 28.3 Å². The number of carbonyl (C=O) groups is 3. The zero-order valence-electron chi connectivity index (χ0n) is 21.0.